The minimum atomic E-state index is -0.113. The molecule has 3 rings (SSSR count). The second kappa shape index (κ2) is 7.16. The van der Waals surface area contributed by atoms with Gasteiger partial charge in [0.25, 0.3) is 5.91 Å². The number of benzene rings is 2. The fourth-order valence-electron chi connectivity index (χ4n) is 2.73. The van der Waals surface area contributed by atoms with Crippen molar-refractivity contribution < 1.29 is 9.69 Å². The van der Waals surface area contributed by atoms with Crippen molar-refractivity contribution in [3.8, 4) is 0 Å². The van der Waals surface area contributed by atoms with Crippen LogP contribution in [-0.2, 0) is 11.3 Å². The SMILES string of the molecule is Cc1ccsc1C[NH+](C)[C@@H](C)C(=O)Nc1ccc2ccccc2c1. The molecule has 2 N–H and O–H groups in total. The maximum atomic E-state index is 12.6. The lowest BCUT2D eigenvalue weighted by Crippen LogP contribution is -3.12. The molecule has 0 spiro atoms. The van der Waals surface area contributed by atoms with Crippen molar-refractivity contribution in [2.45, 2.75) is 26.4 Å². The number of fused-ring (bicyclic) bond motifs is 1. The van der Waals surface area contributed by atoms with Crippen LogP contribution in [0.1, 0.15) is 17.4 Å². The monoisotopic (exact) mass is 339 g/mol. The van der Waals surface area contributed by atoms with Gasteiger partial charge in [0, 0.05) is 5.69 Å². The summed E-state index contributed by atoms with van der Waals surface area (Å²) in [4.78, 5) is 15.1. The number of hydrogen-bond acceptors (Lipinski definition) is 2. The van der Waals surface area contributed by atoms with Crippen molar-refractivity contribution in [1.82, 2.24) is 0 Å². The Morgan fingerprint density at radius 1 is 1.17 bits per heavy atom. The van der Waals surface area contributed by atoms with Gasteiger partial charge in [0.15, 0.2) is 6.04 Å². The maximum absolute atomic E-state index is 12.6. The van der Waals surface area contributed by atoms with E-state index in [9.17, 15) is 4.79 Å². The number of hydrogen-bond donors (Lipinski definition) is 2. The average Bonchev–Trinajstić information content (AvgIpc) is 2.98. The number of likely N-dealkylation sites (N-methyl/N-ethyl adjacent to an activating group) is 1. The number of aryl methyl sites for hydroxylation is 1. The predicted octanol–water partition coefficient (Wildman–Crippen LogP) is 3.25. The Morgan fingerprint density at radius 3 is 2.62 bits per heavy atom. The largest absolute Gasteiger partial charge is 0.323 e. The summed E-state index contributed by atoms with van der Waals surface area (Å²) in [5.74, 6) is 0.0528. The topological polar surface area (TPSA) is 33.5 Å². The van der Waals surface area contributed by atoms with Crippen molar-refractivity contribution in [2.24, 2.45) is 0 Å². The van der Waals surface area contributed by atoms with E-state index >= 15 is 0 Å². The molecule has 0 aliphatic carbocycles. The molecule has 4 heteroatoms. The Kier molecular flexibility index (Phi) is 4.97. The van der Waals surface area contributed by atoms with Crippen LogP contribution in [0, 0.1) is 6.92 Å². The second-order valence-electron chi connectivity index (χ2n) is 6.32. The van der Waals surface area contributed by atoms with Crippen molar-refractivity contribution in [3.05, 3.63) is 64.4 Å². The van der Waals surface area contributed by atoms with Gasteiger partial charge in [-0.3, -0.25) is 4.79 Å². The molecule has 1 unspecified atom stereocenters. The van der Waals surface area contributed by atoms with Crippen LogP contribution in [0.2, 0.25) is 0 Å². The van der Waals surface area contributed by atoms with E-state index in [0.717, 1.165) is 17.6 Å². The fraction of sp³-hybridized carbons (Fsp3) is 0.250. The zero-order valence-corrected chi connectivity index (χ0v) is 15.1. The van der Waals surface area contributed by atoms with E-state index < -0.39 is 0 Å². The molecule has 1 aromatic heterocycles. The standard InChI is InChI=1S/C20H22N2OS/c1-14-10-11-24-19(14)13-22(3)15(2)20(23)21-18-9-8-16-6-4-5-7-17(16)12-18/h4-12,15H,13H2,1-3H3,(H,21,23)/p+1/t15-/m0/s1. The minimum Gasteiger partial charge on any atom is -0.323 e. The third-order valence-electron chi connectivity index (χ3n) is 4.56. The molecule has 0 saturated heterocycles. The first kappa shape index (κ1) is 16.7. The first-order valence-electron chi connectivity index (χ1n) is 8.19. The Balaban J connectivity index is 1.67. The highest BCUT2D eigenvalue weighted by Crippen LogP contribution is 2.19. The van der Waals surface area contributed by atoms with Gasteiger partial charge in [-0.25, -0.2) is 0 Å². The van der Waals surface area contributed by atoms with Crippen LogP contribution in [0.5, 0.6) is 0 Å². The number of nitrogens with one attached hydrogen (secondary N) is 2. The van der Waals surface area contributed by atoms with Crippen LogP contribution < -0.4 is 10.2 Å². The van der Waals surface area contributed by atoms with Gasteiger partial charge < -0.3 is 10.2 Å². The van der Waals surface area contributed by atoms with Gasteiger partial charge in [0.05, 0.1) is 11.9 Å². The van der Waals surface area contributed by atoms with Crippen LogP contribution in [0.15, 0.2) is 53.9 Å². The van der Waals surface area contributed by atoms with Gasteiger partial charge in [-0.05, 0) is 53.8 Å². The van der Waals surface area contributed by atoms with E-state index in [1.54, 1.807) is 11.3 Å². The summed E-state index contributed by atoms with van der Waals surface area (Å²) >= 11 is 1.76. The number of thiophene rings is 1. The second-order valence-corrected chi connectivity index (χ2v) is 7.32. The quantitative estimate of drug-likeness (QED) is 0.735. The summed E-state index contributed by atoms with van der Waals surface area (Å²) in [7, 11) is 2.07. The maximum Gasteiger partial charge on any atom is 0.282 e. The van der Waals surface area contributed by atoms with Crippen LogP contribution in [-0.4, -0.2) is 19.0 Å². The molecule has 0 aliphatic heterocycles. The zero-order chi connectivity index (χ0) is 17.1. The molecule has 24 heavy (non-hydrogen) atoms. The first-order valence-corrected chi connectivity index (χ1v) is 9.07. The van der Waals surface area contributed by atoms with E-state index in [1.807, 2.05) is 37.3 Å². The number of anilines is 1. The van der Waals surface area contributed by atoms with Crippen molar-refractivity contribution in [2.75, 3.05) is 12.4 Å². The van der Waals surface area contributed by atoms with E-state index in [-0.39, 0.29) is 11.9 Å². The van der Waals surface area contributed by atoms with Crippen LogP contribution >= 0.6 is 11.3 Å². The summed E-state index contributed by atoms with van der Waals surface area (Å²) in [6, 6.07) is 16.2. The zero-order valence-electron chi connectivity index (χ0n) is 14.3. The summed E-state index contributed by atoms with van der Waals surface area (Å²) in [5, 5.41) is 7.48. The Bertz CT molecular complexity index is 855. The highest BCUT2D eigenvalue weighted by atomic mass is 32.1. The van der Waals surface area contributed by atoms with Gasteiger partial charge in [-0.1, -0.05) is 30.3 Å². The number of carbonyl (C=O) groups is 1. The molecule has 1 amide bonds. The predicted molar refractivity (Wildman–Crippen MR) is 102 cm³/mol. The lowest BCUT2D eigenvalue weighted by atomic mass is 10.1. The summed E-state index contributed by atoms with van der Waals surface area (Å²) < 4.78 is 0. The van der Waals surface area contributed by atoms with Gasteiger partial charge >= 0.3 is 0 Å². The third kappa shape index (κ3) is 3.66. The lowest BCUT2D eigenvalue weighted by Gasteiger charge is -2.21. The number of carbonyl (C=O) groups excluding carboxylic acids is 1. The molecule has 0 bridgehead atoms. The summed E-state index contributed by atoms with van der Waals surface area (Å²) in [5.41, 5.74) is 2.16. The van der Waals surface area contributed by atoms with Crippen molar-refractivity contribution in [3.63, 3.8) is 0 Å². The molecule has 0 saturated carbocycles. The molecule has 2 aromatic carbocycles. The first-order chi connectivity index (χ1) is 11.5. The molecule has 0 radical (unpaired) electrons. The minimum absolute atomic E-state index is 0.0528. The molecule has 0 fully saturated rings. The summed E-state index contributed by atoms with van der Waals surface area (Å²) in [6.45, 7) is 4.98. The highest BCUT2D eigenvalue weighted by molar-refractivity contribution is 7.10. The van der Waals surface area contributed by atoms with Gasteiger partial charge in [-0.15, -0.1) is 11.3 Å². The molecular weight excluding hydrogens is 316 g/mol. The summed E-state index contributed by atoms with van der Waals surface area (Å²) in [6.07, 6.45) is 0. The van der Waals surface area contributed by atoms with Crippen molar-refractivity contribution >= 4 is 33.7 Å². The van der Waals surface area contributed by atoms with Gasteiger partial charge in [0.1, 0.15) is 6.54 Å². The molecular formula is C20H23N2OS+. The molecule has 2 atom stereocenters. The number of rotatable bonds is 5. The van der Waals surface area contributed by atoms with E-state index in [2.05, 4.69) is 42.9 Å². The van der Waals surface area contributed by atoms with E-state index in [4.69, 9.17) is 0 Å². The van der Waals surface area contributed by atoms with Crippen LogP contribution in [0.3, 0.4) is 0 Å². The molecule has 124 valence electrons. The number of quaternary nitrogens is 1. The Hall–Kier alpha value is -2.17. The van der Waals surface area contributed by atoms with Gasteiger partial charge in [0.2, 0.25) is 0 Å². The van der Waals surface area contributed by atoms with Crippen LogP contribution in [0.25, 0.3) is 10.8 Å². The molecule has 3 aromatic rings. The lowest BCUT2D eigenvalue weighted by molar-refractivity contribution is -0.907. The molecule has 0 aliphatic rings. The fourth-order valence-corrected chi connectivity index (χ4v) is 3.73. The van der Waals surface area contributed by atoms with Crippen molar-refractivity contribution in [1.29, 1.82) is 0 Å². The average molecular weight is 339 g/mol. The Morgan fingerprint density at radius 2 is 1.92 bits per heavy atom. The van der Waals surface area contributed by atoms with E-state index in [1.165, 1.54) is 20.7 Å². The number of amides is 1. The normalized spacial score (nSPS) is 13.6. The molecule has 3 nitrogen and oxygen atoms in total. The van der Waals surface area contributed by atoms with Gasteiger partial charge in [-0.2, -0.15) is 0 Å². The van der Waals surface area contributed by atoms with E-state index in [0.29, 0.717) is 0 Å². The highest BCUT2D eigenvalue weighted by Gasteiger charge is 2.23. The smallest absolute Gasteiger partial charge is 0.282 e. The third-order valence-corrected chi connectivity index (χ3v) is 5.58. The van der Waals surface area contributed by atoms with Crippen LogP contribution in [0.4, 0.5) is 5.69 Å². The molecule has 1 heterocycles. The Labute approximate surface area is 146 Å².